The standard InChI is InChI=1S/C13H19N5O3/c19-7-10-3-4-11(21-10)18-9-15-12(16-13(18)20)14-8-17-5-1-2-6-17/h8-11,19H,1-7H2. The van der Waals surface area contributed by atoms with E-state index in [2.05, 4.69) is 19.9 Å². The van der Waals surface area contributed by atoms with E-state index < -0.39 is 11.9 Å². The summed E-state index contributed by atoms with van der Waals surface area (Å²) < 4.78 is 6.90. The number of aromatic nitrogens is 3. The number of nitrogens with zero attached hydrogens (tertiary/aromatic N) is 5. The zero-order chi connectivity index (χ0) is 14.7. The van der Waals surface area contributed by atoms with Gasteiger partial charge in [0.2, 0.25) is 0 Å². The molecule has 0 aromatic carbocycles. The number of ether oxygens (including phenoxy) is 1. The highest BCUT2D eigenvalue weighted by Crippen LogP contribution is 2.26. The summed E-state index contributed by atoms with van der Waals surface area (Å²) in [5.74, 6) is 0.167. The molecule has 0 amide bonds. The summed E-state index contributed by atoms with van der Waals surface area (Å²) in [4.78, 5) is 26.2. The van der Waals surface area contributed by atoms with E-state index in [0.717, 1.165) is 19.5 Å². The minimum atomic E-state index is -0.429. The van der Waals surface area contributed by atoms with Crippen LogP contribution in [0.4, 0.5) is 5.95 Å². The monoisotopic (exact) mass is 293 g/mol. The van der Waals surface area contributed by atoms with Gasteiger partial charge in [-0.1, -0.05) is 0 Å². The molecule has 2 atom stereocenters. The first-order valence-electron chi connectivity index (χ1n) is 7.26. The van der Waals surface area contributed by atoms with Crippen LogP contribution in [0.3, 0.4) is 0 Å². The Morgan fingerprint density at radius 2 is 2.24 bits per heavy atom. The maximum Gasteiger partial charge on any atom is 0.354 e. The summed E-state index contributed by atoms with van der Waals surface area (Å²) in [7, 11) is 0. The van der Waals surface area contributed by atoms with Crippen LogP contribution < -0.4 is 5.69 Å². The molecule has 2 aliphatic heterocycles. The molecule has 3 heterocycles. The third-order valence-corrected chi connectivity index (χ3v) is 3.79. The largest absolute Gasteiger partial charge is 0.394 e. The van der Waals surface area contributed by atoms with Crippen LogP contribution in [0.5, 0.6) is 0 Å². The summed E-state index contributed by atoms with van der Waals surface area (Å²) >= 11 is 0. The van der Waals surface area contributed by atoms with Gasteiger partial charge < -0.3 is 14.7 Å². The minimum Gasteiger partial charge on any atom is -0.394 e. The number of rotatable bonds is 4. The summed E-state index contributed by atoms with van der Waals surface area (Å²) in [5.41, 5.74) is -0.429. The molecule has 2 aliphatic rings. The highest BCUT2D eigenvalue weighted by atomic mass is 16.5. The van der Waals surface area contributed by atoms with E-state index in [1.807, 2.05) is 0 Å². The molecule has 0 radical (unpaired) electrons. The van der Waals surface area contributed by atoms with Crippen molar-refractivity contribution in [2.75, 3.05) is 19.7 Å². The Kier molecular flexibility index (Phi) is 4.26. The lowest BCUT2D eigenvalue weighted by atomic mass is 10.2. The van der Waals surface area contributed by atoms with Crippen LogP contribution in [0, 0.1) is 0 Å². The number of likely N-dealkylation sites (tertiary alicyclic amines) is 1. The van der Waals surface area contributed by atoms with Crippen molar-refractivity contribution in [2.45, 2.75) is 38.0 Å². The van der Waals surface area contributed by atoms with Crippen molar-refractivity contribution in [2.24, 2.45) is 4.99 Å². The fourth-order valence-corrected chi connectivity index (χ4v) is 2.61. The van der Waals surface area contributed by atoms with Gasteiger partial charge in [-0.25, -0.2) is 14.8 Å². The minimum absolute atomic E-state index is 0.0374. The van der Waals surface area contributed by atoms with Gasteiger partial charge in [-0.15, -0.1) is 0 Å². The third kappa shape index (κ3) is 3.27. The van der Waals surface area contributed by atoms with Crippen molar-refractivity contribution < 1.29 is 9.84 Å². The Hall–Kier alpha value is -1.80. The second kappa shape index (κ2) is 6.31. The second-order valence-corrected chi connectivity index (χ2v) is 5.31. The molecular formula is C13H19N5O3. The number of hydrogen-bond acceptors (Lipinski definition) is 6. The molecule has 0 aliphatic carbocycles. The highest BCUT2D eigenvalue weighted by molar-refractivity contribution is 5.58. The molecular weight excluding hydrogens is 274 g/mol. The van der Waals surface area contributed by atoms with Crippen molar-refractivity contribution in [3.05, 3.63) is 16.8 Å². The predicted octanol–water partition coefficient (Wildman–Crippen LogP) is 0.0638. The Balaban J connectivity index is 1.69. The Morgan fingerprint density at radius 3 is 2.90 bits per heavy atom. The average Bonchev–Trinajstić information content (AvgIpc) is 3.16. The zero-order valence-electron chi connectivity index (χ0n) is 11.8. The van der Waals surface area contributed by atoms with Gasteiger partial charge in [-0.2, -0.15) is 4.98 Å². The molecule has 0 saturated carbocycles. The number of aliphatic hydroxyl groups excluding tert-OH is 1. The number of aliphatic imine (C=N–C) groups is 1. The molecule has 1 N–H and O–H groups in total. The fraction of sp³-hybridized carbons (Fsp3) is 0.692. The van der Waals surface area contributed by atoms with Gasteiger partial charge in [0.05, 0.1) is 19.0 Å². The molecule has 1 aromatic heterocycles. The van der Waals surface area contributed by atoms with Gasteiger partial charge in [0.15, 0.2) is 0 Å². The molecule has 2 fully saturated rings. The quantitative estimate of drug-likeness (QED) is 0.623. The van der Waals surface area contributed by atoms with E-state index >= 15 is 0 Å². The molecule has 0 spiro atoms. The van der Waals surface area contributed by atoms with Crippen molar-refractivity contribution in [3.8, 4) is 0 Å². The van der Waals surface area contributed by atoms with Crippen LogP contribution in [-0.4, -0.2) is 56.7 Å². The van der Waals surface area contributed by atoms with Crippen molar-refractivity contribution >= 4 is 12.3 Å². The van der Waals surface area contributed by atoms with Crippen LogP contribution in [0.15, 0.2) is 16.1 Å². The maximum absolute atomic E-state index is 12.0. The van der Waals surface area contributed by atoms with Crippen molar-refractivity contribution in [1.82, 2.24) is 19.4 Å². The van der Waals surface area contributed by atoms with Gasteiger partial charge in [0, 0.05) is 13.1 Å². The first-order chi connectivity index (χ1) is 10.3. The second-order valence-electron chi connectivity index (χ2n) is 5.31. The van der Waals surface area contributed by atoms with Crippen LogP contribution in [0.2, 0.25) is 0 Å². The fourth-order valence-electron chi connectivity index (χ4n) is 2.61. The molecule has 2 unspecified atom stereocenters. The van der Waals surface area contributed by atoms with Crippen LogP contribution >= 0.6 is 0 Å². The molecule has 1 aromatic rings. The van der Waals surface area contributed by atoms with Gasteiger partial charge >= 0.3 is 5.69 Å². The van der Waals surface area contributed by atoms with Gasteiger partial charge in [0.1, 0.15) is 12.6 Å². The molecule has 2 saturated heterocycles. The molecule has 0 bridgehead atoms. The topological polar surface area (TPSA) is 92.8 Å². The van der Waals surface area contributed by atoms with Gasteiger partial charge in [-0.3, -0.25) is 4.57 Å². The molecule has 21 heavy (non-hydrogen) atoms. The Bertz CT molecular complexity index is 567. The van der Waals surface area contributed by atoms with Crippen LogP contribution in [0.25, 0.3) is 0 Å². The lowest BCUT2D eigenvalue weighted by Crippen LogP contribution is -2.28. The Morgan fingerprint density at radius 1 is 1.43 bits per heavy atom. The average molecular weight is 293 g/mol. The summed E-state index contributed by atoms with van der Waals surface area (Å²) in [6.45, 7) is 1.93. The van der Waals surface area contributed by atoms with Crippen molar-refractivity contribution in [3.63, 3.8) is 0 Å². The molecule has 8 heteroatoms. The van der Waals surface area contributed by atoms with E-state index in [4.69, 9.17) is 9.84 Å². The number of hydrogen-bond donors (Lipinski definition) is 1. The number of aliphatic hydroxyl groups is 1. The summed E-state index contributed by atoms with van der Waals surface area (Å²) in [5, 5.41) is 9.05. The van der Waals surface area contributed by atoms with Crippen molar-refractivity contribution in [1.29, 1.82) is 0 Å². The van der Waals surface area contributed by atoms with Crippen LogP contribution in [-0.2, 0) is 4.74 Å². The predicted molar refractivity (Wildman–Crippen MR) is 75.5 cm³/mol. The summed E-state index contributed by atoms with van der Waals surface area (Å²) in [6.07, 6.45) is 6.23. The maximum atomic E-state index is 12.0. The van der Waals surface area contributed by atoms with Gasteiger partial charge in [0.25, 0.3) is 5.95 Å². The normalized spacial score (nSPS) is 26.0. The first-order valence-corrected chi connectivity index (χ1v) is 7.26. The Labute approximate surface area is 122 Å². The molecule has 3 rings (SSSR count). The SMILES string of the molecule is O=c1nc(N=CN2CCCC2)ncn1C1CCC(CO)O1. The smallest absolute Gasteiger partial charge is 0.354 e. The van der Waals surface area contributed by atoms with E-state index in [-0.39, 0.29) is 18.7 Å². The highest BCUT2D eigenvalue weighted by Gasteiger charge is 2.27. The molecule has 8 nitrogen and oxygen atoms in total. The lowest BCUT2D eigenvalue weighted by molar-refractivity contribution is -0.0250. The van der Waals surface area contributed by atoms with E-state index in [1.165, 1.54) is 23.7 Å². The summed E-state index contributed by atoms with van der Waals surface area (Å²) in [6, 6.07) is 0. The van der Waals surface area contributed by atoms with E-state index in [1.54, 1.807) is 6.34 Å². The zero-order valence-corrected chi connectivity index (χ0v) is 11.8. The molecule has 114 valence electrons. The van der Waals surface area contributed by atoms with Gasteiger partial charge in [-0.05, 0) is 25.7 Å². The van der Waals surface area contributed by atoms with Crippen LogP contribution in [0.1, 0.15) is 31.9 Å². The lowest BCUT2D eigenvalue weighted by Gasteiger charge is -2.13. The van der Waals surface area contributed by atoms with E-state index in [9.17, 15) is 4.79 Å². The third-order valence-electron chi connectivity index (χ3n) is 3.79. The first kappa shape index (κ1) is 14.2. The van der Waals surface area contributed by atoms with E-state index in [0.29, 0.717) is 6.42 Å².